The maximum atomic E-state index is 6.05. The van der Waals surface area contributed by atoms with Crippen LogP contribution in [0.5, 0.6) is 0 Å². The summed E-state index contributed by atoms with van der Waals surface area (Å²) in [6.07, 6.45) is 2.31. The van der Waals surface area contributed by atoms with Crippen molar-refractivity contribution < 1.29 is 0 Å². The maximum absolute atomic E-state index is 6.05. The highest BCUT2D eigenvalue weighted by atomic mass is 35.5. The molecule has 3 heteroatoms. The molecule has 0 radical (unpaired) electrons. The first-order chi connectivity index (χ1) is 5.66. The fourth-order valence-electron chi connectivity index (χ4n) is 1.10. The number of unbranched alkanes of at least 4 members (excludes halogenated alkanes) is 1. The van der Waals surface area contributed by atoms with Gasteiger partial charge in [0.2, 0.25) is 0 Å². The number of aryl methyl sites for hydroxylation is 2. The van der Waals surface area contributed by atoms with Crippen LogP contribution in [-0.4, -0.2) is 9.78 Å². The van der Waals surface area contributed by atoms with Gasteiger partial charge in [0, 0.05) is 12.1 Å². The zero-order chi connectivity index (χ0) is 9.14. The Kier molecular flexibility index (Phi) is 3.15. The summed E-state index contributed by atoms with van der Waals surface area (Å²) < 4.78 is 1.88. The molecule has 0 saturated heterocycles. The summed E-state index contributed by atoms with van der Waals surface area (Å²) in [6, 6.07) is 0. The monoisotopic (exact) mass is 186 g/mol. The second kappa shape index (κ2) is 3.94. The number of aromatic nitrogens is 2. The van der Waals surface area contributed by atoms with Crippen molar-refractivity contribution >= 4 is 11.6 Å². The first-order valence-corrected chi connectivity index (χ1v) is 4.74. The van der Waals surface area contributed by atoms with E-state index in [1.54, 1.807) is 0 Å². The van der Waals surface area contributed by atoms with Crippen LogP contribution in [0.1, 0.15) is 31.0 Å². The third-order valence-corrected chi connectivity index (χ3v) is 2.55. The highest BCUT2D eigenvalue weighted by molar-refractivity contribution is 6.30. The van der Waals surface area contributed by atoms with Gasteiger partial charge in [0.25, 0.3) is 0 Å². The molecule has 0 atom stereocenters. The molecule has 0 unspecified atom stereocenters. The summed E-state index contributed by atoms with van der Waals surface area (Å²) in [5.41, 5.74) is 2.14. The third-order valence-electron chi connectivity index (χ3n) is 2.07. The predicted molar refractivity (Wildman–Crippen MR) is 51.6 cm³/mol. The zero-order valence-corrected chi connectivity index (χ0v) is 8.65. The topological polar surface area (TPSA) is 17.8 Å². The molecule has 0 N–H and O–H groups in total. The van der Waals surface area contributed by atoms with Gasteiger partial charge in [-0.2, -0.15) is 5.10 Å². The molecule has 1 aromatic heterocycles. The van der Waals surface area contributed by atoms with Crippen LogP contribution in [0, 0.1) is 13.8 Å². The van der Waals surface area contributed by atoms with Gasteiger partial charge in [-0.1, -0.05) is 24.9 Å². The fourth-order valence-corrected chi connectivity index (χ4v) is 1.36. The molecule has 0 aliphatic rings. The number of halogens is 1. The molecule has 0 amide bonds. The molecular formula is C9H15ClN2. The van der Waals surface area contributed by atoms with Crippen LogP contribution >= 0.6 is 11.6 Å². The van der Waals surface area contributed by atoms with E-state index in [1.807, 2.05) is 18.5 Å². The van der Waals surface area contributed by atoms with Crippen molar-refractivity contribution in [3.05, 3.63) is 16.4 Å². The second-order valence-electron chi connectivity index (χ2n) is 3.08. The van der Waals surface area contributed by atoms with Gasteiger partial charge < -0.3 is 0 Å². The van der Waals surface area contributed by atoms with Gasteiger partial charge in [-0.15, -0.1) is 0 Å². The highest BCUT2D eigenvalue weighted by Gasteiger charge is 2.07. The lowest BCUT2D eigenvalue weighted by Gasteiger charge is -2.00. The molecule has 0 bridgehead atoms. The second-order valence-corrected chi connectivity index (χ2v) is 3.44. The van der Waals surface area contributed by atoms with Gasteiger partial charge in [-0.3, -0.25) is 4.68 Å². The number of hydrogen-bond donors (Lipinski definition) is 0. The Bertz CT molecular complexity index is 266. The average molecular weight is 187 g/mol. The van der Waals surface area contributed by atoms with E-state index in [-0.39, 0.29) is 0 Å². The Morgan fingerprint density at radius 3 is 2.50 bits per heavy atom. The van der Waals surface area contributed by atoms with E-state index in [0.29, 0.717) is 0 Å². The van der Waals surface area contributed by atoms with Crippen molar-refractivity contribution in [1.82, 2.24) is 9.78 Å². The highest BCUT2D eigenvalue weighted by Crippen LogP contribution is 2.18. The Labute approximate surface area is 78.5 Å². The standard InChI is InChI=1S/C9H15ClN2/c1-4-5-6-12-9(10)7(2)8(3)11-12/h4-6H2,1-3H3. The van der Waals surface area contributed by atoms with E-state index in [2.05, 4.69) is 12.0 Å². The van der Waals surface area contributed by atoms with Crippen LogP contribution in [0.2, 0.25) is 5.15 Å². The van der Waals surface area contributed by atoms with Crippen molar-refractivity contribution in [2.75, 3.05) is 0 Å². The lowest BCUT2D eigenvalue weighted by molar-refractivity contribution is 0.569. The van der Waals surface area contributed by atoms with Crippen molar-refractivity contribution in [1.29, 1.82) is 0 Å². The Hall–Kier alpha value is -0.500. The minimum Gasteiger partial charge on any atom is -0.253 e. The van der Waals surface area contributed by atoms with Crippen LogP contribution in [0.4, 0.5) is 0 Å². The molecule has 1 rings (SSSR count). The minimum atomic E-state index is 0.793. The predicted octanol–water partition coefficient (Wildman–Crippen LogP) is 2.95. The normalized spacial score (nSPS) is 10.7. The third kappa shape index (κ3) is 1.81. The number of rotatable bonds is 3. The summed E-state index contributed by atoms with van der Waals surface area (Å²) in [5.74, 6) is 0. The largest absolute Gasteiger partial charge is 0.253 e. The Balaban J connectivity index is 2.79. The molecule has 2 nitrogen and oxygen atoms in total. The maximum Gasteiger partial charge on any atom is 0.130 e. The van der Waals surface area contributed by atoms with E-state index in [4.69, 9.17) is 11.6 Å². The molecule has 0 aliphatic heterocycles. The lowest BCUT2D eigenvalue weighted by atomic mass is 10.3. The molecule has 12 heavy (non-hydrogen) atoms. The SMILES string of the molecule is CCCCn1nc(C)c(C)c1Cl. The van der Waals surface area contributed by atoms with Crippen molar-refractivity contribution in [3.63, 3.8) is 0 Å². The molecule has 1 heterocycles. The minimum absolute atomic E-state index is 0.793. The molecule has 0 spiro atoms. The van der Waals surface area contributed by atoms with E-state index in [9.17, 15) is 0 Å². The lowest BCUT2D eigenvalue weighted by Crippen LogP contribution is -1.99. The van der Waals surface area contributed by atoms with Gasteiger partial charge in [-0.25, -0.2) is 0 Å². The molecule has 0 fully saturated rings. The van der Waals surface area contributed by atoms with E-state index < -0.39 is 0 Å². The molecule has 0 saturated carbocycles. The molecular weight excluding hydrogens is 172 g/mol. The van der Waals surface area contributed by atoms with E-state index in [1.165, 1.54) is 6.42 Å². The molecule has 0 aliphatic carbocycles. The van der Waals surface area contributed by atoms with Crippen LogP contribution in [-0.2, 0) is 6.54 Å². The van der Waals surface area contributed by atoms with Gasteiger partial charge >= 0.3 is 0 Å². The van der Waals surface area contributed by atoms with Crippen LogP contribution < -0.4 is 0 Å². The van der Waals surface area contributed by atoms with E-state index in [0.717, 1.165) is 29.4 Å². The van der Waals surface area contributed by atoms with Crippen molar-refractivity contribution in [3.8, 4) is 0 Å². The van der Waals surface area contributed by atoms with Gasteiger partial charge in [-0.05, 0) is 20.3 Å². The zero-order valence-electron chi connectivity index (χ0n) is 7.89. The van der Waals surface area contributed by atoms with Crippen molar-refractivity contribution in [2.24, 2.45) is 0 Å². The summed E-state index contributed by atoms with van der Waals surface area (Å²) in [7, 11) is 0. The summed E-state index contributed by atoms with van der Waals surface area (Å²) >= 11 is 6.05. The fraction of sp³-hybridized carbons (Fsp3) is 0.667. The summed E-state index contributed by atoms with van der Waals surface area (Å²) in [6.45, 7) is 7.10. The quantitative estimate of drug-likeness (QED) is 0.710. The Morgan fingerprint density at radius 2 is 2.08 bits per heavy atom. The molecule has 1 aromatic rings. The summed E-state index contributed by atoms with van der Waals surface area (Å²) in [4.78, 5) is 0. The van der Waals surface area contributed by atoms with Crippen LogP contribution in [0.25, 0.3) is 0 Å². The van der Waals surface area contributed by atoms with Crippen molar-refractivity contribution in [2.45, 2.75) is 40.2 Å². The van der Waals surface area contributed by atoms with Crippen LogP contribution in [0.15, 0.2) is 0 Å². The first-order valence-electron chi connectivity index (χ1n) is 4.36. The average Bonchev–Trinajstić information content (AvgIpc) is 2.30. The number of hydrogen-bond acceptors (Lipinski definition) is 1. The molecule has 0 aromatic carbocycles. The molecule has 68 valence electrons. The van der Waals surface area contributed by atoms with Gasteiger partial charge in [0.1, 0.15) is 5.15 Å². The van der Waals surface area contributed by atoms with Gasteiger partial charge in [0.15, 0.2) is 0 Å². The smallest absolute Gasteiger partial charge is 0.130 e. The first kappa shape index (κ1) is 9.59. The number of nitrogens with zero attached hydrogens (tertiary/aromatic N) is 2. The summed E-state index contributed by atoms with van der Waals surface area (Å²) in [5, 5.41) is 5.12. The van der Waals surface area contributed by atoms with Crippen LogP contribution in [0.3, 0.4) is 0 Å². The van der Waals surface area contributed by atoms with Gasteiger partial charge in [0.05, 0.1) is 5.69 Å². The van der Waals surface area contributed by atoms with E-state index >= 15 is 0 Å². The Morgan fingerprint density at radius 1 is 1.42 bits per heavy atom.